The highest BCUT2D eigenvalue weighted by Gasteiger charge is 2.42. The average Bonchev–Trinajstić information content (AvgIpc) is 3.13. The number of nitrogens with one attached hydrogen (secondary N) is 2. The number of carbonyl (C=O) groups excluding carboxylic acids is 4. The predicted molar refractivity (Wildman–Crippen MR) is 126 cm³/mol. The van der Waals surface area contributed by atoms with Crippen LogP contribution < -0.4 is 27.0 Å². The van der Waals surface area contributed by atoms with E-state index in [0.717, 1.165) is 6.07 Å². The maximum absolute atomic E-state index is 14.8. The van der Waals surface area contributed by atoms with E-state index in [1.54, 1.807) is 6.07 Å². The number of amides is 4. The molecule has 1 unspecified atom stereocenters. The lowest BCUT2D eigenvalue weighted by molar-refractivity contribution is -0.147. The van der Waals surface area contributed by atoms with E-state index in [2.05, 4.69) is 10.6 Å². The van der Waals surface area contributed by atoms with Crippen LogP contribution in [0, 0.1) is 0 Å². The standard InChI is InChI=1S/C22H15B3ClF2N3O4/c23-13-6-12(16(24)17(25)18(13)26)22(27,28)21(35)29-7-9-1-2-11-10(5-9)8-31(20(11)34)14-3-4-15(32)30-19(14)33/h1-2,5-6,14H,3-4,7-8H2,(H,29,35)(H,30,32,33). The van der Waals surface area contributed by atoms with E-state index >= 15 is 0 Å². The molecular weight excluding hydrogens is 476 g/mol. The molecule has 4 rings (SSSR count). The fraction of sp³-hybridized carbons (Fsp3) is 0.273. The molecule has 0 bridgehead atoms. The normalized spacial score (nSPS) is 17.9. The SMILES string of the molecule is [B]c1cc(C(F)(F)C(=O)NCc2ccc3c(c2)CN(C2CCC(=O)NC2=O)C3=O)c([B])c([B])c1Cl. The Morgan fingerprint density at radius 3 is 2.57 bits per heavy atom. The van der Waals surface area contributed by atoms with Crippen LogP contribution in [-0.4, -0.2) is 58.1 Å². The number of hydrogen-bond donors (Lipinski definition) is 2. The zero-order valence-electron chi connectivity index (χ0n) is 18.2. The van der Waals surface area contributed by atoms with Crippen LogP contribution in [0.5, 0.6) is 0 Å². The lowest BCUT2D eigenvalue weighted by Gasteiger charge is -2.29. The van der Waals surface area contributed by atoms with Crippen molar-refractivity contribution >= 4 is 75.2 Å². The van der Waals surface area contributed by atoms with E-state index < -0.39 is 40.7 Å². The molecule has 2 aromatic carbocycles. The number of imide groups is 1. The molecule has 7 nitrogen and oxygen atoms in total. The molecule has 13 heteroatoms. The largest absolute Gasteiger partial charge is 0.349 e. The molecule has 2 aromatic rings. The number of nitrogens with zero attached hydrogens (tertiary/aromatic N) is 1. The van der Waals surface area contributed by atoms with Gasteiger partial charge in [0, 0.05) is 35.7 Å². The summed E-state index contributed by atoms with van der Waals surface area (Å²) in [5, 5.41) is 4.19. The van der Waals surface area contributed by atoms with Crippen LogP contribution in [0.3, 0.4) is 0 Å². The summed E-state index contributed by atoms with van der Waals surface area (Å²) >= 11 is 5.82. The quantitative estimate of drug-likeness (QED) is 0.410. The number of carbonyl (C=O) groups is 4. The Hall–Kier alpha value is -3.14. The third-order valence-corrected chi connectivity index (χ3v) is 6.46. The van der Waals surface area contributed by atoms with Gasteiger partial charge >= 0.3 is 5.92 Å². The van der Waals surface area contributed by atoms with Gasteiger partial charge in [0.15, 0.2) is 0 Å². The molecule has 4 amide bonds. The first-order valence-electron chi connectivity index (χ1n) is 10.5. The van der Waals surface area contributed by atoms with Crippen LogP contribution in [0.1, 0.15) is 39.9 Å². The number of alkyl halides is 2. The zero-order valence-corrected chi connectivity index (χ0v) is 18.9. The van der Waals surface area contributed by atoms with E-state index in [0.29, 0.717) is 16.7 Å². The van der Waals surface area contributed by atoms with E-state index in [1.807, 2.05) is 0 Å². The highest BCUT2D eigenvalue weighted by Crippen LogP contribution is 2.29. The van der Waals surface area contributed by atoms with Crippen LogP contribution in [0.15, 0.2) is 24.3 Å². The van der Waals surface area contributed by atoms with Gasteiger partial charge in [-0.1, -0.05) is 46.2 Å². The number of halogens is 3. The lowest BCUT2D eigenvalue weighted by atomic mass is 9.72. The molecule has 0 spiro atoms. The molecule has 2 N–H and O–H groups in total. The number of hydrogen-bond acceptors (Lipinski definition) is 4. The topological polar surface area (TPSA) is 95.6 Å². The number of rotatable bonds is 5. The van der Waals surface area contributed by atoms with Gasteiger partial charge in [-0.15, -0.1) is 0 Å². The van der Waals surface area contributed by atoms with Crippen molar-refractivity contribution in [1.82, 2.24) is 15.5 Å². The fourth-order valence-corrected chi connectivity index (χ4v) is 4.28. The third kappa shape index (κ3) is 4.47. The van der Waals surface area contributed by atoms with Crippen molar-refractivity contribution in [3.05, 3.63) is 51.5 Å². The highest BCUT2D eigenvalue weighted by molar-refractivity contribution is 6.59. The summed E-state index contributed by atoms with van der Waals surface area (Å²) in [7, 11) is 16.8. The average molecular weight is 491 g/mol. The second kappa shape index (κ2) is 9.15. The monoisotopic (exact) mass is 491 g/mol. The molecule has 1 fully saturated rings. The van der Waals surface area contributed by atoms with Crippen molar-refractivity contribution in [3.63, 3.8) is 0 Å². The molecule has 35 heavy (non-hydrogen) atoms. The molecule has 6 radical (unpaired) electrons. The molecule has 0 aliphatic carbocycles. The minimum Gasteiger partial charge on any atom is -0.346 e. The summed E-state index contributed by atoms with van der Waals surface area (Å²) in [6.07, 6.45) is 0.336. The Morgan fingerprint density at radius 2 is 1.89 bits per heavy atom. The Morgan fingerprint density at radius 1 is 1.17 bits per heavy atom. The van der Waals surface area contributed by atoms with Crippen molar-refractivity contribution in [2.75, 3.05) is 0 Å². The molecule has 1 atom stereocenters. The van der Waals surface area contributed by atoms with Crippen LogP contribution in [-0.2, 0) is 33.4 Å². The van der Waals surface area contributed by atoms with E-state index in [4.69, 9.17) is 35.1 Å². The van der Waals surface area contributed by atoms with E-state index in [9.17, 15) is 28.0 Å². The molecule has 2 aliphatic rings. The number of benzene rings is 2. The van der Waals surface area contributed by atoms with Gasteiger partial charge in [0.05, 0.1) is 0 Å². The summed E-state index contributed by atoms with van der Waals surface area (Å²) in [6.45, 7) is -0.162. The van der Waals surface area contributed by atoms with Crippen LogP contribution in [0.2, 0.25) is 5.02 Å². The minimum atomic E-state index is -4.05. The summed E-state index contributed by atoms with van der Waals surface area (Å²) in [5.41, 5.74) is -0.630. The predicted octanol–water partition coefficient (Wildman–Crippen LogP) is -1.11. The number of fused-ring (bicyclic) bond motifs is 1. The third-order valence-electron chi connectivity index (χ3n) is 6.03. The van der Waals surface area contributed by atoms with E-state index in [-0.39, 0.29) is 47.8 Å². The number of piperidine rings is 1. The second-order valence-electron chi connectivity index (χ2n) is 8.30. The fourth-order valence-electron chi connectivity index (χ4n) is 4.13. The van der Waals surface area contributed by atoms with Crippen LogP contribution in [0.4, 0.5) is 8.78 Å². The van der Waals surface area contributed by atoms with Crippen LogP contribution in [0.25, 0.3) is 0 Å². The van der Waals surface area contributed by atoms with Crippen molar-refractivity contribution in [2.24, 2.45) is 0 Å². The van der Waals surface area contributed by atoms with Gasteiger partial charge in [0.25, 0.3) is 11.8 Å². The van der Waals surface area contributed by atoms with Gasteiger partial charge in [0.1, 0.15) is 29.6 Å². The van der Waals surface area contributed by atoms with E-state index in [1.165, 1.54) is 17.0 Å². The summed E-state index contributed by atoms with van der Waals surface area (Å²) in [6, 6.07) is 4.62. The molecule has 0 aromatic heterocycles. The smallest absolute Gasteiger partial charge is 0.346 e. The Labute approximate surface area is 208 Å². The van der Waals surface area contributed by atoms with Gasteiger partial charge < -0.3 is 10.2 Å². The molecule has 2 aliphatic heterocycles. The first kappa shape index (κ1) is 25.0. The molecule has 172 valence electrons. The summed E-state index contributed by atoms with van der Waals surface area (Å²) < 4.78 is 29.7. The first-order valence-corrected chi connectivity index (χ1v) is 10.9. The van der Waals surface area contributed by atoms with Gasteiger partial charge in [-0.3, -0.25) is 24.5 Å². The van der Waals surface area contributed by atoms with Gasteiger partial charge in [0.2, 0.25) is 11.8 Å². The lowest BCUT2D eigenvalue weighted by Crippen LogP contribution is -2.52. The second-order valence-corrected chi connectivity index (χ2v) is 8.68. The molecule has 2 heterocycles. The Bertz CT molecular complexity index is 1290. The van der Waals surface area contributed by atoms with Crippen LogP contribution >= 0.6 is 11.6 Å². The van der Waals surface area contributed by atoms with Gasteiger partial charge in [-0.2, -0.15) is 8.78 Å². The summed E-state index contributed by atoms with van der Waals surface area (Å²) in [4.78, 5) is 50.0. The zero-order chi connectivity index (χ0) is 25.7. The molecule has 0 saturated carbocycles. The summed E-state index contributed by atoms with van der Waals surface area (Å²) in [5.74, 6) is -6.99. The van der Waals surface area contributed by atoms with Crippen molar-refractivity contribution in [2.45, 2.75) is 37.9 Å². The van der Waals surface area contributed by atoms with Crippen molar-refractivity contribution in [3.8, 4) is 0 Å². The maximum atomic E-state index is 14.8. The Kier molecular flexibility index (Phi) is 6.53. The van der Waals surface area contributed by atoms with Gasteiger partial charge in [-0.05, 0) is 23.6 Å². The van der Waals surface area contributed by atoms with Crippen molar-refractivity contribution in [1.29, 1.82) is 0 Å². The molecular formula is C22H15B3ClF2N3O4. The highest BCUT2D eigenvalue weighted by atomic mass is 35.5. The Balaban J connectivity index is 1.47. The minimum absolute atomic E-state index is 0.109. The van der Waals surface area contributed by atoms with Gasteiger partial charge in [-0.25, -0.2) is 0 Å². The van der Waals surface area contributed by atoms with Crippen molar-refractivity contribution < 1.29 is 28.0 Å². The molecule has 1 saturated heterocycles. The maximum Gasteiger partial charge on any atom is 0.349 e. The first-order chi connectivity index (χ1) is 16.4.